The Labute approximate surface area is 103 Å². The summed E-state index contributed by atoms with van der Waals surface area (Å²) in [6, 6.07) is 0.487. The maximum atomic E-state index is 5.59. The van der Waals surface area contributed by atoms with Crippen molar-refractivity contribution < 1.29 is 4.74 Å². The first-order valence-electron chi connectivity index (χ1n) is 6.58. The molecular formula is C13H23N3O. The normalized spacial score (nSPS) is 22.6. The fourth-order valence-corrected chi connectivity index (χ4v) is 2.54. The van der Waals surface area contributed by atoms with Crippen LogP contribution in [-0.2, 0) is 18.2 Å². The highest BCUT2D eigenvalue weighted by molar-refractivity contribution is 4.96. The van der Waals surface area contributed by atoms with Crippen LogP contribution < -0.4 is 5.32 Å². The number of nitrogens with one attached hydrogen (secondary N) is 1. The van der Waals surface area contributed by atoms with E-state index in [-0.39, 0.29) is 0 Å². The fraction of sp³-hybridized carbons (Fsp3) is 0.769. The van der Waals surface area contributed by atoms with Gasteiger partial charge < -0.3 is 14.6 Å². The molecule has 1 aliphatic rings. The first kappa shape index (κ1) is 12.6. The fourth-order valence-electron chi connectivity index (χ4n) is 2.54. The summed E-state index contributed by atoms with van der Waals surface area (Å²) in [5.41, 5.74) is 0. The van der Waals surface area contributed by atoms with Gasteiger partial charge in [-0.1, -0.05) is 6.92 Å². The van der Waals surface area contributed by atoms with Gasteiger partial charge in [-0.15, -0.1) is 0 Å². The third-order valence-electron chi connectivity index (χ3n) is 3.55. The van der Waals surface area contributed by atoms with Crippen molar-refractivity contribution in [3.63, 3.8) is 0 Å². The summed E-state index contributed by atoms with van der Waals surface area (Å²) in [6.07, 6.45) is 7.33. The van der Waals surface area contributed by atoms with E-state index in [9.17, 15) is 0 Å². The van der Waals surface area contributed by atoms with E-state index in [1.165, 1.54) is 12.8 Å². The zero-order valence-electron chi connectivity index (χ0n) is 10.9. The zero-order valence-corrected chi connectivity index (χ0v) is 10.9. The summed E-state index contributed by atoms with van der Waals surface area (Å²) >= 11 is 0. The maximum absolute atomic E-state index is 5.59. The van der Waals surface area contributed by atoms with Crippen molar-refractivity contribution in [2.45, 2.75) is 32.2 Å². The zero-order chi connectivity index (χ0) is 12.1. The van der Waals surface area contributed by atoms with Gasteiger partial charge >= 0.3 is 0 Å². The molecule has 4 heteroatoms. The van der Waals surface area contributed by atoms with Crippen molar-refractivity contribution in [3.05, 3.63) is 18.2 Å². The number of hydrogen-bond donors (Lipinski definition) is 1. The number of nitrogens with zero attached hydrogens (tertiary/aromatic N) is 2. The van der Waals surface area contributed by atoms with Gasteiger partial charge in [-0.05, 0) is 25.3 Å². The third-order valence-corrected chi connectivity index (χ3v) is 3.55. The predicted octanol–water partition coefficient (Wildman–Crippen LogP) is 1.37. The van der Waals surface area contributed by atoms with Crippen molar-refractivity contribution in [1.82, 2.24) is 14.9 Å². The van der Waals surface area contributed by atoms with Crippen LogP contribution in [0.1, 0.15) is 25.6 Å². The molecule has 96 valence electrons. The number of likely N-dealkylation sites (N-methyl/N-ethyl adjacent to an activating group) is 1. The van der Waals surface area contributed by atoms with Gasteiger partial charge in [0, 0.05) is 38.5 Å². The number of hydrogen-bond acceptors (Lipinski definition) is 3. The Bertz CT molecular complexity index is 331. The average Bonchev–Trinajstić information content (AvgIpc) is 2.76. The molecule has 1 saturated heterocycles. The highest BCUT2D eigenvalue weighted by atomic mass is 16.5. The lowest BCUT2D eigenvalue weighted by molar-refractivity contribution is 0.0392. The molecule has 1 N–H and O–H groups in total. The number of imidazole rings is 1. The highest BCUT2D eigenvalue weighted by Gasteiger charge is 2.24. The largest absolute Gasteiger partial charge is 0.381 e. The molecule has 17 heavy (non-hydrogen) atoms. The van der Waals surface area contributed by atoms with Gasteiger partial charge in [0.15, 0.2) is 0 Å². The molecule has 1 fully saturated rings. The molecular weight excluding hydrogens is 214 g/mol. The molecule has 0 aromatic carbocycles. The van der Waals surface area contributed by atoms with Crippen LogP contribution >= 0.6 is 0 Å². The molecule has 2 atom stereocenters. The van der Waals surface area contributed by atoms with Crippen molar-refractivity contribution in [2.24, 2.45) is 13.0 Å². The second-order valence-electron chi connectivity index (χ2n) is 4.80. The Morgan fingerprint density at radius 3 is 3.12 bits per heavy atom. The van der Waals surface area contributed by atoms with Crippen LogP contribution in [-0.4, -0.2) is 35.4 Å². The Morgan fingerprint density at radius 2 is 2.53 bits per heavy atom. The average molecular weight is 237 g/mol. The lowest BCUT2D eigenvalue weighted by atomic mass is 9.91. The Balaban J connectivity index is 1.98. The van der Waals surface area contributed by atoms with E-state index in [0.717, 1.165) is 32.0 Å². The van der Waals surface area contributed by atoms with Crippen LogP contribution in [0.15, 0.2) is 12.4 Å². The van der Waals surface area contributed by atoms with Crippen molar-refractivity contribution >= 4 is 0 Å². The summed E-state index contributed by atoms with van der Waals surface area (Å²) < 4.78 is 7.70. The quantitative estimate of drug-likeness (QED) is 0.840. The number of aromatic nitrogens is 2. The van der Waals surface area contributed by atoms with E-state index >= 15 is 0 Å². The predicted molar refractivity (Wildman–Crippen MR) is 67.9 cm³/mol. The second-order valence-corrected chi connectivity index (χ2v) is 4.80. The Kier molecular flexibility index (Phi) is 4.57. The molecule has 2 heterocycles. The summed E-state index contributed by atoms with van der Waals surface area (Å²) in [5, 5.41) is 3.58. The molecule has 0 aliphatic carbocycles. The molecule has 2 unspecified atom stereocenters. The van der Waals surface area contributed by atoms with E-state index in [1.54, 1.807) is 0 Å². The Hall–Kier alpha value is -0.870. The summed E-state index contributed by atoms with van der Waals surface area (Å²) in [5.74, 6) is 1.78. The van der Waals surface area contributed by atoms with E-state index < -0.39 is 0 Å². The van der Waals surface area contributed by atoms with Crippen LogP contribution in [0.2, 0.25) is 0 Å². The SMILES string of the molecule is CCNC(Cc1nccn1C)C1CCCOC1. The molecule has 1 aliphatic heterocycles. The van der Waals surface area contributed by atoms with Crippen LogP contribution in [0.25, 0.3) is 0 Å². The van der Waals surface area contributed by atoms with Crippen molar-refractivity contribution in [2.75, 3.05) is 19.8 Å². The van der Waals surface area contributed by atoms with Gasteiger partial charge in [0.25, 0.3) is 0 Å². The van der Waals surface area contributed by atoms with Crippen molar-refractivity contribution in [3.8, 4) is 0 Å². The lowest BCUT2D eigenvalue weighted by Gasteiger charge is -2.30. The van der Waals surface area contributed by atoms with Gasteiger partial charge in [0.1, 0.15) is 5.82 Å². The van der Waals surface area contributed by atoms with Gasteiger partial charge in [0.05, 0.1) is 6.61 Å². The maximum Gasteiger partial charge on any atom is 0.109 e. The van der Waals surface area contributed by atoms with Crippen LogP contribution in [0.5, 0.6) is 0 Å². The highest BCUT2D eigenvalue weighted by Crippen LogP contribution is 2.19. The van der Waals surface area contributed by atoms with Crippen molar-refractivity contribution in [1.29, 1.82) is 0 Å². The van der Waals surface area contributed by atoms with E-state index in [4.69, 9.17) is 4.74 Å². The van der Waals surface area contributed by atoms with E-state index in [1.807, 2.05) is 12.4 Å². The second kappa shape index (κ2) is 6.17. The molecule has 0 spiro atoms. The first-order chi connectivity index (χ1) is 8.31. The molecule has 0 amide bonds. The number of aryl methyl sites for hydroxylation is 1. The molecule has 0 radical (unpaired) electrons. The summed E-state index contributed by atoms with van der Waals surface area (Å²) in [4.78, 5) is 4.41. The summed E-state index contributed by atoms with van der Waals surface area (Å²) in [7, 11) is 2.06. The van der Waals surface area contributed by atoms with E-state index in [2.05, 4.69) is 28.8 Å². The third kappa shape index (κ3) is 3.30. The van der Waals surface area contributed by atoms with Crippen LogP contribution in [0.3, 0.4) is 0 Å². The molecule has 0 saturated carbocycles. The summed E-state index contributed by atoms with van der Waals surface area (Å²) in [6.45, 7) is 4.99. The van der Waals surface area contributed by atoms with Gasteiger partial charge in [0.2, 0.25) is 0 Å². The molecule has 2 rings (SSSR count). The topological polar surface area (TPSA) is 39.1 Å². The molecule has 1 aromatic rings. The standard InChI is InChI=1S/C13H23N3O/c1-3-14-12(11-5-4-8-17-10-11)9-13-15-6-7-16(13)2/h6-7,11-12,14H,3-5,8-10H2,1-2H3. The monoisotopic (exact) mass is 237 g/mol. The number of rotatable bonds is 5. The van der Waals surface area contributed by atoms with Crippen LogP contribution in [0, 0.1) is 5.92 Å². The Morgan fingerprint density at radius 1 is 1.65 bits per heavy atom. The first-order valence-corrected chi connectivity index (χ1v) is 6.58. The lowest BCUT2D eigenvalue weighted by Crippen LogP contribution is -2.42. The minimum atomic E-state index is 0.487. The molecule has 1 aromatic heterocycles. The minimum absolute atomic E-state index is 0.487. The smallest absolute Gasteiger partial charge is 0.109 e. The van der Waals surface area contributed by atoms with Gasteiger partial charge in [-0.2, -0.15) is 0 Å². The molecule has 4 nitrogen and oxygen atoms in total. The number of ether oxygens (including phenoxy) is 1. The van der Waals surface area contributed by atoms with Crippen LogP contribution in [0.4, 0.5) is 0 Å². The van der Waals surface area contributed by atoms with E-state index in [0.29, 0.717) is 12.0 Å². The molecule has 0 bridgehead atoms. The minimum Gasteiger partial charge on any atom is -0.381 e. The van der Waals surface area contributed by atoms with Gasteiger partial charge in [-0.25, -0.2) is 4.98 Å². The van der Waals surface area contributed by atoms with Gasteiger partial charge in [-0.3, -0.25) is 0 Å².